The van der Waals surface area contributed by atoms with E-state index in [-0.39, 0.29) is 0 Å². The molecule has 1 heteroatoms. The van der Waals surface area contributed by atoms with E-state index in [0.717, 1.165) is 12.4 Å². The van der Waals surface area contributed by atoms with E-state index in [1.807, 2.05) is 0 Å². The molecule has 0 heterocycles. The average Bonchev–Trinajstić information content (AvgIpc) is 3.06. The molecule has 48 heavy (non-hydrogen) atoms. The van der Waals surface area contributed by atoms with Gasteiger partial charge in [-0.1, -0.05) is 190 Å². The molecule has 0 radical (unpaired) electrons. The van der Waals surface area contributed by atoms with E-state index in [0.29, 0.717) is 29.6 Å². The molecule has 4 aromatic carbocycles. The molecular formula is C47H70O. The van der Waals surface area contributed by atoms with Gasteiger partial charge in [0.15, 0.2) is 0 Å². The molecule has 0 aromatic heterocycles. The van der Waals surface area contributed by atoms with Crippen molar-refractivity contribution in [1.82, 2.24) is 0 Å². The van der Waals surface area contributed by atoms with Crippen molar-refractivity contribution in [2.45, 2.75) is 139 Å². The lowest BCUT2D eigenvalue weighted by molar-refractivity contribution is 0.233. The van der Waals surface area contributed by atoms with Gasteiger partial charge in [0.05, 0.1) is 6.61 Å². The quantitative estimate of drug-likeness (QED) is 0.157. The van der Waals surface area contributed by atoms with Gasteiger partial charge in [-0.3, -0.25) is 0 Å². The van der Waals surface area contributed by atoms with Gasteiger partial charge in [0.1, 0.15) is 5.75 Å². The molecule has 264 valence electrons. The highest BCUT2D eigenvalue weighted by molar-refractivity contribution is 5.29. The molecule has 0 aliphatic rings. The summed E-state index contributed by atoms with van der Waals surface area (Å²) in [4.78, 5) is 0. The number of hydrogen-bond donors (Lipinski definition) is 0. The van der Waals surface area contributed by atoms with Crippen molar-refractivity contribution >= 4 is 0 Å². The third kappa shape index (κ3) is 18.3. The fraction of sp³-hybridized carbons (Fsp3) is 0.489. The number of ether oxygens (including phenoxy) is 1. The number of benzene rings is 4. The maximum atomic E-state index is 5.89. The van der Waals surface area contributed by atoms with Crippen LogP contribution in [0.5, 0.6) is 5.75 Å². The third-order valence-corrected chi connectivity index (χ3v) is 8.81. The lowest BCUT2D eigenvalue weighted by Crippen LogP contribution is -2.11. The van der Waals surface area contributed by atoms with Crippen molar-refractivity contribution < 1.29 is 4.74 Å². The first-order chi connectivity index (χ1) is 22.8. The van der Waals surface area contributed by atoms with E-state index in [4.69, 9.17) is 4.74 Å². The number of aryl methyl sites for hydroxylation is 3. The van der Waals surface area contributed by atoms with Crippen LogP contribution in [0.1, 0.15) is 158 Å². The van der Waals surface area contributed by atoms with Gasteiger partial charge < -0.3 is 4.74 Å². The van der Waals surface area contributed by atoms with Crippen molar-refractivity contribution in [1.29, 1.82) is 0 Å². The lowest BCUT2D eigenvalue weighted by atomic mass is 10.0. The molecule has 1 unspecified atom stereocenters. The topological polar surface area (TPSA) is 9.23 Å². The van der Waals surface area contributed by atoms with Gasteiger partial charge in [0, 0.05) is 0 Å². The molecule has 0 N–H and O–H groups in total. The Labute approximate surface area is 297 Å². The first kappa shape index (κ1) is 42.7. The average molecular weight is 651 g/mol. The molecule has 0 saturated carbocycles. The summed E-state index contributed by atoms with van der Waals surface area (Å²) in [6.07, 6.45) is 5.09. The molecule has 1 nitrogen and oxygen atoms in total. The minimum atomic E-state index is 0.590. The first-order valence-corrected chi connectivity index (χ1v) is 18.7. The van der Waals surface area contributed by atoms with Crippen LogP contribution < -0.4 is 4.74 Å². The van der Waals surface area contributed by atoms with Crippen LogP contribution in [0.15, 0.2) is 97.1 Å². The second kappa shape index (κ2) is 23.9. The Hall–Kier alpha value is -3.32. The molecule has 4 aromatic rings. The fourth-order valence-corrected chi connectivity index (χ4v) is 4.92. The predicted molar refractivity (Wildman–Crippen MR) is 215 cm³/mol. The number of unbranched alkanes of at least 4 members (excludes halogenated alkanes) is 1. The summed E-state index contributed by atoms with van der Waals surface area (Å²) in [6, 6.07) is 34.7. The Bertz CT molecular complexity index is 1210. The summed E-state index contributed by atoms with van der Waals surface area (Å²) >= 11 is 0. The lowest BCUT2D eigenvalue weighted by Gasteiger charge is -2.16. The van der Waals surface area contributed by atoms with Gasteiger partial charge in [-0.2, -0.15) is 0 Å². The zero-order chi connectivity index (χ0) is 36.1. The second-order valence-electron chi connectivity index (χ2n) is 14.6. The molecule has 0 fully saturated rings. The van der Waals surface area contributed by atoms with E-state index >= 15 is 0 Å². The smallest absolute Gasteiger partial charge is 0.119 e. The number of rotatable bonds is 11. The Morgan fingerprint density at radius 3 is 0.979 bits per heavy atom. The Morgan fingerprint density at radius 2 is 0.729 bits per heavy atom. The fourth-order valence-electron chi connectivity index (χ4n) is 4.92. The normalized spacial score (nSPS) is 11.3. The van der Waals surface area contributed by atoms with E-state index in [1.54, 1.807) is 0 Å². The molecule has 1 atom stereocenters. The van der Waals surface area contributed by atoms with Gasteiger partial charge in [0.2, 0.25) is 0 Å². The zero-order valence-electron chi connectivity index (χ0n) is 33.1. The summed E-state index contributed by atoms with van der Waals surface area (Å²) in [5, 5.41) is 0. The molecule has 4 rings (SSSR count). The van der Waals surface area contributed by atoms with Crippen molar-refractivity contribution in [2.75, 3.05) is 6.61 Å². The van der Waals surface area contributed by atoms with Crippen LogP contribution >= 0.6 is 0 Å². The van der Waals surface area contributed by atoms with Crippen molar-refractivity contribution in [3.8, 4) is 5.75 Å². The summed E-state index contributed by atoms with van der Waals surface area (Å²) < 4.78 is 5.89. The largest absolute Gasteiger partial charge is 0.493 e. The second-order valence-corrected chi connectivity index (χ2v) is 14.6. The molecular weight excluding hydrogens is 581 g/mol. The molecule has 0 saturated heterocycles. The molecule has 0 aliphatic heterocycles. The van der Waals surface area contributed by atoms with E-state index in [1.165, 1.54) is 64.6 Å². The summed E-state index contributed by atoms with van der Waals surface area (Å²) in [6.45, 7) is 29.4. The minimum absolute atomic E-state index is 0.590. The zero-order valence-corrected chi connectivity index (χ0v) is 33.1. The van der Waals surface area contributed by atoms with Crippen LogP contribution in [-0.2, 0) is 0 Å². The molecule has 0 amide bonds. The van der Waals surface area contributed by atoms with Crippen LogP contribution in [0, 0.1) is 26.7 Å². The van der Waals surface area contributed by atoms with Crippen LogP contribution in [0.4, 0.5) is 0 Å². The van der Waals surface area contributed by atoms with Gasteiger partial charge in [-0.25, -0.2) is 0 Å². The van der Waals surface area contributed by atoms with Crippen molar-refractivity contribution in [3.63, 3.8) is 0 Å². The van der Waals surface area contributed by atoms with Crippen molar-refractivity contribution in [2.24, 2.45) is 5.92 Å². The Balaban J connectivity index is 0.000000333. The summed E-state index contributed by atoms with van der Waals surface area (Å²) in [7, 11) is 0. The van der Waals surface area contributed by atoms with Gasteiger partial charge in [-0.05, 0) is 91.2 Å². The summed E-state index contributed by atoms with van der Waals surface area (Å²) in [5.74, 6) is 4.26. The monoisotopic (exact) mass is 651 g/mol. The van der Waals surface area contributed by atoms with E-state index < -0.39 is 0 Å². The first-order valence-electron chi connectivity index (χ1n) is 18.7. The highest BCUT2D eigenvalue weighted by atomic mass is 16.5. The highest BCUT2D eigenvalue weighted by Crippen LogP contribution is 2.21. The SMILES string of the molecule is CCCCC(CC)COc1ccc(C(C)C)cc1.Cc1ccc(C(C)C)cc1.Cc1ccc(C(C)C)cc1.Cc1ccc(C(C)C)cc1. The van der Waals surface area contributed by atoms with Gasteiger partial charge in [-0.15, -0.1) is 0 Å². The molecule has 0 aliphatic carbocycles. The molecule has 0 spiro atoms. The standard InChI is InChI=1S/C17H28O.3C10H14/c1-5-7-8-15(6-2)13-18-17-11-9-16(10-12-17)14(3)4;3*1-8(2)10-6-4-9(3)5-7-10/h9-12,14-15H,5-8,13H2,1-4H3;3*4-8H,1-3H3. The third-order valence-electron chi connectivity index (χ3n) is 8.81. The maximum Gasteiger partial charge on any atom is 0.119 e. The van der Waals surface area contributed by atoms with Gasteiger partial charge in [0.25, 0.3) is 0 Å². The van der Waals surface area contributed by atoms with Crippen LogP contribution in [0.25, 0.3) is 0 Å². The minimum Gasteiger partial charge on any atom is -0.493 e. The maximum absolute atomic E-state index is 5.89. The van der Waals surface area contributed by atoms with E-state index in [2.05, 4.69) is 187 Å². The van der Waals surface area contributed by atoms with Crippen molar-refractivity contribution in [3.05, 3.63) is 136 Å². The van der Waals surface area contributed by atoms with E-state index in [9.17, 15) is 0 Å². The Morgan fingerprint density at radius 1 is 0.438 bits per heavy atom. The van der Waals surface area contributed by atoms with Crippen LogP contribution in [-0.4, -0.2) is 6.61 Å². The van der Waals surface area contributed by atoms with Crippen LogP contribution in [0.3, 0.4) is 0 Å². The number of hydrogen-bond acceptors (Lipinski definition) is 1. The Kier molecular flexibility index (Phi) is 21.3. The van der Waals surface area contributed by atoms with Crippen LogP contribution in [0.2, 0.25) is 0 Å². The highest BCUT2D eigenvalue weighted by Gasteiger charge is 2.07. The molecule has 0 bridgehead atoms. The van der Waals surface area contributed by atoms with Gasteiger partial charge >= 0.3 is 0 Å². The summed E-state index contributed by atoms with van der Waals surface area (Å²) in [5.41, 5.74) is 9.65. The predicted octanol–water partition coefficient (Wildman–Crippen LogP) is 14.8.